The fourth-order valence-electron chi connectivity index (χ4n) is 1.59. The molecule has 0 fully saturated rings. The van der Waals surface area contributed by atoms with E-state index in [1.807, 2.05) is 0 Å². The highest BCUT2D eigenvalue weighted by Crippen LogP contribution is 2.05. The van der Waals surface area contributed by atoms with Crippen LogP contribution in [0.3, 0.4) is 0 Å². The van der Waals surface area contributed by atoms with E-state index in [1.54, 1.807) is 48.5 Å². The number of rotatable bonds is 4. The third-order valence-corrected chi connectivity index (χ3v) is 2.62. The maximum absolute atomic E-state index is 11.7. The lowest BCUT2D eigenvalue weighted by Crippen LogP contribution is -2.15. The normalized spacial score (nSPS) is 9.71. The second kappa shape index (κ2) is 7.00. The lowest BCUT2D eigenvalue weighted by molar-refractivity contribution is -0.232. The summed E-state index contributed by atoms with van der Waals surface area (Å²) >= 11 is 0. The third kappa shape index (κ3) is 4.28. The van der Waals surface area contributed by atoms with E-state index in [4.69, 9.17) is 0 Å². The first-order valence-electron chi connectivity index (χ1n) is 6.22. The van der Waals surface area contributed by atoms with Crippen LogP contribution in [0.25, 0.3) is 0 Å². The molecule has 2 aromatic carbocycles. The Bertz CT molecular complexity index is 634. The number of carbonyl (C=O) groups is 3. The monoisotopic (exact) mass is 284 g/mol. The highest BCUT2D eigenvalue weighted by atomic mass is 17.2. The topological polar surface area (TPSA) is 69.7 Å². The number of Topliss-reactive ketones (excluding diaryl/α,β-unsaturated/α-hetero) is 1. The van der Waals surface area contributed by atoms with Crippen LogP contribution >= 0.6 is 0 Å². The van der Waals surface area contributed by atoms with Crippen molar-refractivity contribution in [2.45, 2.75) is 6.42 Å². The summed E-state index contributed by atoms with van der Waals surface area (Å²) in [6.45, 7) is 0. The van der Waals surface area contributed by atoms with E-state index in [9.17, 15) is 14.4 Å². The Morgan fingerprint density at radius 2 is 1.24 bits per heavy atom. The maximum Gasteiger partial charge on any atom is 0.386 e. The van der Waals surface area contributed by atoms with Gasteiger partial charge in [0.05, 0.1) is 5.56 Å². The first-order valence-corrected chi connectivity index (χ1v) is 6.22. The molecule has 0 radical (unpaired) electrons. The smallest absolute Gasteiger partial charge is 0.294 e. The van der Waals surface area contributed by atoms with Crippen LogP contribution in [0.5, 0.6) is 0 Å². The molecule has 0 spiro atoms. The highest BCUT2D eigenvalue weighted by Gasteiger charge is 2.16. The van der Waals surface area contributed by atoms with Crippen LogP contribution in [0.2, 0.25) is 0 Å². The molecule has 5 heteroatoms. The quantitative estimate of drug-likeness (QED) is 0.373. The summed E-state index contributed by atoms with van der Waals surface area (Å²) in [5, 5.41) is 0. The van der Waals surface area contributed by atoms with E-state index >= 15 is 0 Å². The molecule has 0 amide bonds. The van der Waals surface area contributed by atoms with Gasteiger partial charge in [-0.05, 0) is 12.1 Å². The van der Waals surface area contributed by atoms with Crippen molar-refractivity contribution < 1.29 is 24.2 Å². The Hall–Kier alpha value is -2.95. The van der Waals surface area contributed by atoms with E-state index in [0.717, 1.165) is 0 Å². The molecule has 0 atom stereocenters. The Morgan fingerprint density at radius 1 is 0.714 bits per heavy atom. The van der Waals surface area contributed by atoms with Crippen LogP contribution in [0.1, 0.15) is 27.1 Å². The van der Waals surface area contributed by atoms with Gasteiger partial charge in [0.1, 0.15) is 6.42 Å². The molecule has 21 heavy (non-hydrogen) atoms. The summed E-state index contributed by atoms with van der Waals surface area (Å²) in [6, 6.07) is 16.4. The van der Waals surface area contributed by atoms with Gasteiger partial charge in [-0.25, -0.2) is 19.4 Å². The van der Waals surface area contributed by atoms with Crippen molar-refractivity contribution in [1.29, 1.82) is 0 Å². The summed E-state index contributed by atoms with van der Waals surface area (Å²) in [5.74, 6) is -2.12. The van der Waals surface area contributed by atoms with Crippen molar-refractivity contribution >= 4 is 17.7 Å². The van der Waals surface area contributed by atoms with Gasteiger partial charge in [0, 0.05) is 5.56 Å². The second-order valence-corrected chi connectivity index (χ2v) is 4.16. The number of hydrogen-bond acceptors (Lipinski definition) is 5. The van der Waals surface area contributed by atoms with Crippen LogP contribution in [0.15, 0.2) is 60.7 Å². The van der Waals surface area contributed by atoms with Crippen LogP contribution in [0, 0.1) is 0 Å². The largest absolute Gasteiger partial charge is 0.386 e. The number of ketones is 1. The average molecular weight is 284 g/mol. The van der Waals surface area contributed by atoms with Crippen molar-refractivity contribution in [3.05, 3.63) is 71.8 Å². The van der Waals surface area contributed by atoms with Crippen LogP contribution in [0.4, 0.5) is 0 Å². The molecule has 0 aliphatic heterocycles. The molecule has 0 aromatic heterocycles. The molecule has 0 N–H and O–H groups in total. The van der Waals surface area contributed by atoms with Gasteiger partial charge in [-0.1, -0.05) is 48.5 Å². The number of carbonyl (C=O) groups excluding carboxylic acids is 3. The SMILES string of the molecule is O=C(CC(=O)c1ccccc1)OOC(=O)c1ccccc1. The fourth-order valence-corrected chi connectivity index (χ4v) is 1.59. The lowest BCUT2D eigenvalue weighted by Gasteiger charge is -2.03. The van der Waals surface area contributed by atoms with E-state index in [2.05, 4.69) is 9.78 Å². The molecule has 0 aliphatic rings. The van der Waals surface area contributed by atoms with Gasteiger partial charge in [0.25, 0.3) is 0 Å². The molecule has 0 saturated heterocycles. The average Bonchev–Trinajstić information content (AvgIpc) is 2.54. The minimum Gasteiger partial charge on any atom is -0.294 e. The Kier molecular flexibility index (Phi) is 4.82. The van der Waals surface area contributed by atoms with Crippen molar-refractivity contribution in [2.24, 2.45) is 0 Å². The Morgan fingerprint density at radius 3 is 1.81 bits per heavy atom. The van der Waals surface area contributed by atoms with Gasteiger partial charge < -0.3 is 0 Å². The highest BCUT2D eigenvalue weighted by molar-refractivity contribution is 6.05. The van der Waals surface area contributed by atoms with Crippen molar-refractivity contribution in [3.63, 3.8) is 0 Å². The van der Waals surface area contributed by atoms with Crippen molar-refractivity contribution in [2.75, 3.05) is 0 Å². The minimum absolute atomic E-state index is 0.250. The minimum atomic E-state index is -0.923. The van der Waals surface area contributed by atoms with E-state index < -0.39 is 24.1 Å². The van der Waals surface area contributed by atoms with E-state index in [0.29, 0.717) is 5.56 Å². The first kappa shape index (κ1) is 14.5. The Labute approximate surface area is 121 Å². The molecule has 106 valence electrons. The fraction of sp³-hybridized carbons (Fsp3) is 0.0625. The van der Waals surface area contributed by atoms with Crippen LogP contribution in [-0.4, -0.2) is 17.7 Å². The van der Waals surface area contributed by atoms with Crippen molar-refractivity contribution in [3.8, 4) is 0 Å². The summed E-state index contributed by atoms with van der Waals surface area (Å²) in [7, 11) is 0. The van der Waals surface area contributed by atoms with Gasteiger partial charge >= 0.3 is 11.9 Å². The van der Waals surface area contributed by atoms with Gasteiger partial charge in [-0.3, -0.25) is 4.79 Å². The molecule has 5 nitrogen and oxygen atoms in total. The molecule has 2 rings (SSSR count). The molecular weight excluding hydrogens is 272 g/mol. The van der Waals surface area contributed by atoms with Crippen LogP contribution in [-0.2, 0) is 14.6 Å². The summed E-state index contributed by atoms with van der Waals surface area (Å²) in [6.07, 6.45) is -0.494. The van der Waals surface area contributed by atoms with Gasteiger partial charge in [0.15, 0.2) is 5.78 Å². The van der Waals surface area contributed by atoms with E-state index in [-0.39, 0.29) is 5.56 Å². The number of benzene rings is 2. The zero-order valence-corrected chi connectivity index (χ0v) is 11.0. The summed E-state index contributed by atoms with van der Waals surface area (Å²) < 4.78 is 0. The Balaban J connectivity index is 1.83. The zero-order chi connectivity index (χ0) is 15.1. The predicted molar refractivity (Wildman–Crippen MR) is 73.3 cm³/mol. The molecule has 0 saturated carbocycles. The van der Waals surface area contributed by atoms with E-state index in [1.165, 1.54) is 12.1 Å². The number of hydrogen-bond donors (Lipinski definition) is 0. The van der Waals surface area contributed by atoms with Gasteiger partial charge in [-0.15, -0.1) is 0 Å². The first-order chi connectivity index (χ1) is 10.2. The maximum atomic E-state index is 11.7. The van der Waals surface area contributed by atoms with Gasteiger partial charge in [-0.2, -0.15) is 0 Å². The van der Waals surface area contributed by atoms with Crippen LogP contribution < -0.4 is 0 Å². The molecule has 2 aromatic rings. The lowest BCUT2D eigenvalue weighted by atomic mass is 10.1. The third-order valence-electron chi connectivity index (χ3n) is 2.62. The van der Waals surface area contributed by atoms with Gasteiger partial charge in [0.2, 0.25) is 0 Å². The molecule has 0 bridgehead atoms. The zero-order valence-electron chi connectivity index (χ0n) is 11.0. The molecule has 0 unspecified atom stereocenters. The molecule has 0 heterocycles. The second-order valence-electron chi connectivity index (χ2n) is 4.16. The van der Waals surface area contributed by atoms with Crippen molar-refractivity contribution in [1.82, 2.24) is 0 Å². The summed E-state index contributed by atoms with van der Waals surface area (Å²) in [5.41, 5.74) is 0.642. The molecule has 0 aliphatic carbocycles. The standard InChI is InChI=1S/C16H12O5/c17-14(12-7-3-1-4-8-12)11-15(18)20-21-16(19)13-9-5-2-6-10-13/h1-10H,11H2. The molecular formula is C16H12O5. The predicted octanol–water partition coefficient (Wildman–Crippen LogP) is 2.57. The summed E-state index contributed by atoms with van der Waals surface area (Å²) in [4.78, 5) is 43.4.